The highest BCUT2D eigenvalue weighted by Crippen LogP contribution is 2.36. The lowest BCUT2D eigenvalue weighted by Crippen LogP contribution is -2.32. The maximum Gasteiger partial charge on any atom is 0.220 e. The van der Waals surface area contributed by atoms with Gasteiger partial charge in [-0.05, 0) is 62.9 Å². The Hall–Kier alpha value is -0.570. The maximum atomic E-state index is 11.7. The van der Waals surface area contributed by atoms with Crippen molar-refractivity contribution < 1.29 is 4.79 Å². The van der Waals surface area contributed by atoms with Gasteiger partial charge in [0.15, 0.2) is 0 Å². The Morgan fingerprint density at radius 1 is 1.41 bits per heavy atom. The summed E-state index contributed by atoms with van der Waals surface area (Å²) in [5.41, 5.74) is 0. The molecule has 1 saturated carbocycles. The fraction of sp³-hybridized carbons (Fsp3) is 0.929. The van der Waals surface area contributed by atoms with Gasteiger partial charge in [0.1, 0.15) is 0 Å². The molecule has 2 unspecified atom stereocenters. The van der Waals surface area contributed by atoms with Gasteiger partial charge in [-0.2, -0.15) is 0 Å². The predicted molar refractivity (Wildman–Crippen MR) is 69.7 cm³/mol. The smallest absolute Gasteiger partial charge is 0.220 e. The topological polar surface area (TPSA) is 41.1 Å². The summed E-state index contributed by atoms with van der Waals surface area (Å²) >= 11 is 0. The lowest BCUT2D eigenvalue weighted by atomic mass is 9.94. The largest absolute Gasteiger partial charge is 0.356 e. The van der Waals surface area contributed by atoms with E-state index in [9.17, 15) is 4.79 Å². The first-order valence-electron chi connectivity index (χ1n) is 7.23. The molecule has 0 aromatic rings. The molecule has 98 valence electrons. The van der Waals surface area contributed by atoms with Gasteiger partial charge in [-0.25, -0.2) is 0 Å². The van der Waals surface area contributed by atoms with Gasteiger partial charge in [-0.3, -0.25) is 4.79 Å². The number of rotatable bonds is 6. The second-order valence-electron chi connectivity index (χ2n) is 5.87. The molecular formula is C14H26N2O. The third kappa shape index (κ3) is 4.66. The van der Waals surface area contributed by atoms with Crippen molar-refractivity contribution in [2.75, 3.05) is 19.6 Å². The molecule has 0 aromatic carbocycles. The summed E-state index contributed by atoms with van der Waals surface area (Å²) in [4.78, 5) is 11.7. The third-order valence-electron chi connectivity index (χ3n) is 4.23. The summed E-state index contributed by atoms with van der Waals surface area (Å²) < 4.78 is 0. The average molecular weight is 238 g/mol. The van der Waals surface area contributed by atoms with E-state index in [1.165, 1.54) is 25.7 Å². The number of nitrogens with one attached hydrogen (secondary N) is 2. The van der Waals surface area contributed by atoms with Crippen LogP contribution in [0, 0.1) is 17.8 Å². The molecule has 17 heavy (non-hydrogen) atoms. The summed E-state index contributed by atoms with van der Waals surface area (Å²) in [5, 5.41) is 6.48. The highest BCUT2D eigenvalue weighted by atomic mass is 16.1. The van der Waals surface area contributed by atoms with E-state index in [-0.39, 0.29) is 5.91 Å². The second kappa shape index (κ2) is 6.39. The lowest BCUT2D eigenvalue weighted by molar-refractivity contribution is -0.121. The van der Waals surface area contributed by atoms with E-state index in [1.807, 2.05) is 0 Å². The van der Waals surface area contributed by atoms with E-state index in [4.69, 9.17) is 0 Å². The Morgan fingerprint density at radius 2 is 2.24 bits per heavy atom. The first-order chi connectivity index (χ1) is 8.25. The molecule has 0 bridgehead atoms. The molecule has 3 nitrogen and oxygen atoms in total. The van der Waals surface area contributed by atoms with Crippen LogP contribution >= 0.6 is 0 Å². The van der Waals surface area contributed by atoms with Gasteiger partial charge in [-0.15, -0.1) is 0 Å². The number of hydrogen-bond donors (Lipinski definition) is 2. The molecule has 2 fully saturated rings. The van der Waals surface area contributed by atoms with Crippen molar-refractivity contribution in [1.82, 2.24) is 10.6 Å². The zero-order valence-electron chi connectivity index (χ0n) is 11.0. The Labute approximate surface area is 105 Å². The predicted octanol–water partition coefficient (Wildman–Crippen LogP) is 1.93. The molecule has 0 radical (unpaired) electrons. The maximum absolute atomic E-state index is 11.7. The van der Waals surface area contributed by atoms with E-state index in [2.05, 4.69) is 17.6 Å². The van der Waals surface area contributed by atoms with E-state index in [1.54, 1.807) is 0 Å². The molecule has 3 heteroatoms. The normalized spacial score (nSPS) is 26.5. The van der Waals surface area contributed by atoms with E-state index >= 15 is 0 Å². The van der Waals surface area contributed by atoms with Crippen LogP contribution in [0.4, 0.5) is 0 Å². The molecule has 0 spiro atoms. The van der Waals surface area contributed by atoms with Crippen molar-refractivity contribution in [2.45, 2.75) is 45.4 Å². The van der Waals surface area contributed by atoms with Crippen LogP contribution in [-0.2, 0) is 4.79 Å². The van der Waals surface area contributed by atoms with Gasteiger partial charge in [0, 0.05) is 13.0 Å². The van der Waals surface area contributed by atoms with Gasteiger partial charge < -0.3 is 10.6 Å². The van der Waals surface area contributed by atoms with Crippen molar-refractivity contribution in [3.8, 4) is 0 Å². The SMILES string of the molecule is CC(CNC(=O)CCC1CCCNC1)C1CC1. The Balaban J connectivity index is 1.53. The molecule has 1 saturated heterocycles. The molecule has 2 aliphatic rings. The quantitative estimate of drug-likeness (QED) is 0.742. The zero-order chi connectivity index (χ0) is 12.1. The highest BCUT2D eigenvalue weighted by Gasteiger charge is 2.27. The minimum Gasteiger partial charge on any atom is -0.356 e. The molecule has 2 rings (SSSR count). The lowest BCUT2D eigenvalue weighted by Gasteiger charge is -2.22. The van der Waals surface area contributed by atoms with Gasteiger partial charge in [-0.1, -0.05) is 6.92 Å². The van der Waals surface area contributed by atoms with Gasteiger partial charge >= 0.3 is 0 Å². The molecule has 2 N–H and O–H groups in total. The van der Waals surface area contributed by atoms with E-state index in [0.29, 0.717) is 12.3 Å². The highest BCUT2D eigenvalue weighted by molar-refractivity contribution is 5.75. The van der Waals surface area contributed by atoms with Crippen molar-refractivity contribution in [3.05, 3.63) is 0 Å². The van der Waals surface area contributed by atoms with Crippen LogP contribution in [0.25, 0.3) is 0 Å². The fourth-order valence-corrected chi connectivity index (χ4v) is 2.70. The summed E-state index contributed by atoms with van der Waals surface area (Å²) in [6, 6.07) is 0. The van der Waals surface area contributed by atoms with E-state index in [0.717, 1.165) is 37.9 Å². The van der Waals surface area contributed by atoms with Gasteiger partial charge in [0.05, 0.1) is 0 Å². The molecular weight excluding hydrogens is 212 g/mol. The zero-order valence-corrected chi connectivity index (χ0v) is 11.0. The third-order valence-corrected chi connectivity index (χ3v) is 4.23. The summed E-state index contributed by atoms with van der Waals surface area (Å²) in [7, 11) is 0. The van der Waals surface area contributed by atoms with Gasteiger partial charge in [0.25, 0.3) is 0 Å². The Morgan fingerprint density at radius 3 is 2.88 bits per heavy atom. The second-order valence-corrected chi connectivity index (χ2v) is 5.87. The first kappa shape index (κ1) is 12.9. The number of hydrogen-bond acceptors (Lipinski definition) is 2. The van der Waals surface area contributed by atoms with Crippen molar-refractivity contribution in [2.24, 2.45) is 17.8 Å². The summed E-state index contributed by atoms with van der Waals surface area (Å²) in [6.07, 6.45) is 7.06. The van der Waals surface area contributed by atoms with Crippen LogP contribution in [0.15, 0.2) is 0 Å². The Bertz CT molecular complexity index is 245. The molecule has 2 atom stereocenters. The van der Waals surface area contributed by atoms with Crippen LogP contribution in [0.5, 0.6) is 0 Å². The van der Waals surface area contributed by atoms with Crippen LogP contribution in [0.3, 0.4) is 0 Å². The molecule has 1 aliphatic heterocycles. The Kier molecular flexibility index (Phi) is 4.84. The van der Waals surface area contributed by atoms with Crippen LogP contribution in [-0.4, -0.2) is 25.5 Å². The number of amides is 1. The molecule has 0 aromatic heterocycles. The van der Waals surface area contributed by atoms with Crippen LogP contribution < -0.4 is 10.6 Å². The van der Waals surface area contributed by atoms with Crippen molar-refractivity contribution in [1.29, 1.82) is 0 Å². The summed E-state index contributed by atoms with van der Waals surface area (Å²) in [5.74, 6) is 2.53. The fourth-order valence-electron chi connectivity index (χ4n) is 2.70. The van der Waals surface area contributed by atoms with Gasteiger partial charge in [0.2, 0.25) is 5.91 Å². The van der Waals surface area contributed by atoms with Crippen LogP contribution in [0.1, 0.15) is 45.4 Å². The standard InChI is InChI=1S/C14H26N2O/c1-11(13-5-6-13)9-16-14(17)7-4-12-3-2-8-15-10-12/h11-13,15H,2-10H2,1H3,(H,16,17). The minimum atomic E-state index is 0.253. The summed E-state index contributed by atoms with van der Waals surface area (Å²) in [6.45, 7) is 5.39. The average Bonchev–Trinajstić information content (AvgIpc) is 3.19. The first-order valence-corrected chi connectivity index (χ1v) is 7.23. The molecule has 1 aliphatic carbocycles. The number of carbonyl (C=O) groups excluding carboxylic acids is 1. The molecule has 1 heterocycles. The molecule has 1 amide bonds. The number of carbonyl (C=O) groups is 1. The number of piperidine rings is 1. The minimum absolute atomic E-state index is 0.253. The van der Waals surface area contributed by atoms with Crippen molar-refractivity contribution >= 4 is 5.91 Å². The van der Waals surface area contributed by atoms with Crippen LogP contribution in [0.2, 0.25) is 0 Å². The van der Waals surface area contributed by atoms with E-state index < -0.39 is 0 Å². The van der Waals surface area contributed by atoms with Crippen molar-refractivity contribution in [3.63, 3.8) is 0 Å². The monoisotopic (exact) mass is 238 g/mol.